The summed E-state index contributed by atoms with van der Waals surface area (Å²) >= 11 is 0. The van der Waals surface area contributed by atoms with E-state index >= 15 is 0 Å². The van der Waals surface area contributed by atoms with Crippen molar-refractivity contribution in [3.63, 3.8) is 0 Å². The van der Waals surface area contributed by atoms with Crippen LogP contribution in [0.1, 0.15) is 42.9 Å². The Morgan fingerprint density at radius 2 is 1.70 bits per heavy atom. The van der Waals surface area contributed by atoms with E-state index in [1.165, 1.54) is 21.6 Å². The Bertz CT molecular complexity index is 640. The summed E-state index contributed by atoms with van der Waals surface area (Å²) in [5.41, 5.74) is 3.82. The highest BCUT2D eigenvalue weighted by molar-refractivity contribution is 14.0. The number of aliphatic imine (C=N–C) groups is 1. The van der Waals surface area contributed by atoms with Crippen LogP contribution in [0.2, 0.25) is 0 Å². The molecular weight excluding hydrogens is 455 g/mol. The quantitative estimate of drug-likeness (QED) is 0.269. The normalized spacial score (nSPS) is 14.8. The van der Waals surface area contributed by atoms with Crippen LogP contribution < -0.4 is 10.6 Å². The van der Waals surface area contributed by atoms with Gasteiger partial charge in [0.15, 0.2) is 5.96 Å². The highest BCUT2D eigenvalue weighted by Crippen LogP contribution is 2.11. The second-order valence-corrected chi connectivity index (χ2v) is 6.73. The molecular formula is C20H31IN4O2. The Labute approximate surface area is 179 Å². The van der Waals surface area contributed by atoms with E-state index in [1.54, 1.807) is 0 Å². The van der Waals surface area contributed by atoms with Gasteiger partial charge in [0.05, 0.1) is 0 Å². The summed E-state index contributed by atoms with van der Waals surface area (Å²) in [5, 5.41) is 6.41. The molecule has 0 saturated carbocycles. The molecule has 1 aliphatic heterocycles. The van der Waals surface area contributed by atoms with Gasteiger partial charge in [0.1, 0.15) is 0 Å². The zero-order chi connectivity index (χ0) is 18.9. The third-order valence-electron chi connectivity index (χ3n) is 4.31. The van der Waals surface area contributed by atoms with Crippen molar-refractivity contribution in [1.82, 2.24) is 15.5 Å². The zero-order valence-corrected chi connectivity index (χ0v) is 18.8. The van der Waals surface area contributed by atoms with Gasteiger partial charge in [0, 0.05) is 39.0 Å². The van der Waals surface area contributed by atoms with Gasteiger partial charge in [0.2, 0.25) is 11.8 Å². The number of hydrogen-bond acceptors (Lipinski definition) is 3. The van der Waals surface area contributed by atoms with Crippen molar-refractivity contribution in [2.75, 3.05) is 26.2 Å². The molecule has 1 fully saturated rings. The summed E-state index contributed by atoms with van der Waals surface area (Å²) in [4.78, 5) is 29.6. The Kier molecular flexibility index (Phi) is 10.4. The fourth-order valence-electron chi connectivity index (χ4n) is 3.19. The van der Waals surface area contributed by atoms with E-state index in [-0.39, 0.29) is 35.8 Å². The molecule has 0 atom stereocenters. The van der Waals surface area contributed by atoms with Gasteiger partial charge in [-0.2, -0.15) is 0 Å². The molecule has 2 amide bonds. The first-order valence-corrected chi connectivity index (χ1v) is 9.42. The molecule has 1 saturated heterocycles. The van der Waals surface area contributed by atoms with Crippen molar-refractivity contribution in [2.45, 2.75) is 46.5 Å². The number of nitrogens with zero attached hydrogens (tertiary/aromatic N) is 2. The minimum absolute atomic E-state index is 0. The second-order valence-electron chi connectivity index (χ2n) is 6.73. The van der Waals surface area contributed by atoms with Crippen LogP contribution in [0.3, 0.4) is 0 Å². The molecule has 0 spiro atoms. The fourth-order valence-corrected chi connectivity index (χ4v) is 3.19. The van der Waals surface area contributed by atoms with E-state index in [4.69, 9.17) is 0 Å². The minimum atomic E-state index is -0.0696. The number of hydrogen-bond donors (Lipinski definition) is 2. The Morgan fingerprint density at radius 1 is 1.07 bits per heavy atom. The number of likely N-dealkylation sites (tertiary alicyclic amines) is 1. The van der Waals surface area contributed by atoms with Crippen LogP contribution in [0.5, 0.6) is 0 Å². The van der Waals surface area contributed by atoms with Crippen molar-refractivity contribution < 1.29 is 9.59 Å². The molecule has 1 aromatic carbocycles. The van der Waals surface area contributed by atoms with Gasteiger partial charge >= 0.3 is 0 Å². The molecule has 1 aromatic rings. The van der Waals surface area contributed by atoms with Gasteiger partial charge in [0.25, 0.3) is 0 Å². The smallest absolute Gasteiger partial charge is 0.229 e. The lowest BCUT2D eigenvalue weighted by molar-refractivity contribution is -0.147. The first-order chi connectivity index (χ1) is 12.5. The minimum Gasteiger partial charge on any atom is -0.357 e. The molecule has 1 aliphatic rings. The Balaban J connectivity index is 0.00000364. The van der Waals surface area contributed by atoms with Crippen molar-refractivity contribution in [1.29, 1.82) is 0 Å². The second kappa shape index (κ2) is 11.9. The summed E-state index contributed by atoms with van der Waals surface area (Å²) < 4.78 is 0. The third-order valence-corrected chi connectivity index (χ3v) is 4.31. The fraction of sp³-hybridized carbons (Fsp3) is 0.550. The molecule has 150 valence electrons. The SMILES string of the molecule is CCNC(=NCCc1cc(C)cc(C)c1)NCCN1C(=O)CCCC1=O.I. The van der Waals surface area contributed by atoms with Crippen molar-refractivity contribution >= 4 is 41.8 Å². The van der Waals surface area contributed by atoms with Crippen LogP contribution >= 0.6 is 24.0 Å². The maximum Gasteiger partial charge on any atom is 0.229 e. The van der Waals surface area contributed by atoms with E-state index < -0.39 is 0 Å². The van der Waals surface area contributed by atoms with E-state index in [2.05, 4.69) is 47.7 Å². The molecule has 2 N–H and O–H groups in total. The van der Waals surface area contributed by atoms with Crippen LogP contribution in [0.4, 0.5) is 0 Å². The van der Waals surface area contributed by atoms with Crippen LogP contribution in [0.15, 0.2) is 23.2 Å². The molecule has 0 aromatic heterocycles. The summed E-state index contributed by atoms with van der Waals surface area (Å²) in [7, 11) is 0. The molecule has 1 heterocycles. The van der Waals surface area contributed by atoms with Crippen LogP contribution in [-0.4, -0.2) is 48.9 Å². The van der Waals surface area contributed by atoms with E-state index in [1.807, 2.05) is 6.92 Å². The van der Waals surface area contributed by atoms with Crippen LogP contribution in [0, 0.1) is 13.8 Å². The Hall–Kier alpha value is -1.64. The van der Waals surface area contributed by atoms with E-state index in [0.717, 1.165) is 13.0 Å². The average molecular weight is 486 g/mol. The number of carbonyl (C=O) groups excluding carboxylic acids is 2. The molecule has 6 nitrogen and oxygen atoms in total. The zero-order valence-electron chi connectivity index (χ0n) is 16.5. The maximum atomic E-state index is 11.8. The number of rotatable bonds is 7. The van der Waals surface area contributed by atoms with Crippen molar-refractivity contribution in [2.24, 2.45) is 4.99 Å². The van der Waals surface area contributed by atoms with Gasteiger partial charge in [-0.25, -0.2) is 0 Å². The standard InChI is InChI=1S/C20H30N4O2.HI/c1-4-21-20(22-9-8-17-13-15(2)12-16(3)14-17)23-10-11-24-18(25)6-5-7-19(24)26;/h12-14H,4-11H2,1-3H3,(H2,21,22,23);1H. The summed E-state index contributed by atoms with van der Waals surface area (Å²) in [6.07, 6.45) is 2.48. The average Bonchev–Trinajstić information content (AvgIpc) is 2.56. The largest absolute Gasteiger partial charge is 0.357 e. The molecule has 0 bridgehead atoms. The van der Waals surface area contributed by atoms with Gasteiger partial charge in [-0.3, -0.25) is 19.5 Å². The predicted molar refractivity (Wildman–Crippen MR) is 120 cm³/mol. The topological polar surface area (TPSA) is 73.8 Å². The number of imide groups is 1. The highest BCUT2D eigenvalue weighted by Gasteiger charge is 2.25. The lowest BCUT2D eigenvalue weighted by atomic mass is 10.1. The van der Waals surface area contributed by atoms with E-state index in [9.17, 15) is 9.59 Å². The number of halogens is 1. The number of guanidine groups is 1. The number of piperidine rings is 1. The van der Waals surface area contributed by atoms with Gasteiger partial charge < -0.3 is 10.6 Å². The number of amides is 2. The predicted octanol–water partition coefficient (Wildman–Crippen LogP) is 2.56. The number of aryl methyl sites for hydroxylation is 2. The van der Waals surface area contributed by atoms with E-state index in [0.29, 0.717) is 44.9 Å². The van der Waals surface area contributed by atoms with Crippen molar-refractivity contribution in [3.8, 4) is 0 Å². The molecule has 27 heavy (non-hydrogen) atoms. The molecule has 0 unspecified atom stereocenters. The summed E-state index contributed by atoms with van der Waals surface area (Å²) in [6.45, 7) is 8.56. The number of carbonyl (C=O) groups is 2. The Morgan fingerprint density at radius 3 is 2.30 bits per heavy atom. The molecule has 0 radical (unpaired) electrons. The lowest BCUT2D eigenvalue weighted by Gasteiger charge is -2.25. The first kappa shape index (κ1) is 23.4. The van der Waals surface area contributed by atoms with Gasteiger partial charge in [-0.05, 0) is 39.2 Å². The van der Waals surface area contributed by atoms with Crippen molar-refractivity contribution in [3.05, 3.63) is 34.9 Å². The highest BCUT2D eigenvalue weighted by atomic mass is 127. The van der Waals surface area contributed by atoms with Gasteiger partial charge in [-0.1, -0.05) is 29.3 Å². The maximum absolute atomic E-state index is 11.8. The van der Waals surface area contributed by atoms with Crippen LogP contribution in [0.25, 0.3) is 0 Å². The summed E-state index contributed by atoms with van der Waals surface area (Å²) in [6, 6.07) is 6.55. The summed E-state index contributed by atoms with van der Waals surface area (Å²) in [5.74, 6) is 0.577. The molecule has 0 aliphatic carbocycles. The van der Waals surface area contributed by atoms with Crippen LogP contribution in [-0.2, 0) is 16.0 Å². The van der Waals surface area contributed by atoms with Gasteiger partial charge in [-0.15, -0.1) is 24.0 Å². The first-order valence-electron chi connectivity index (χ1n) is 9.42. The lowest BCUT2D eigenvalue weighted by Crippen LogP contribution is -2.46. The third kappa shape index (κ3) is 7.86. The molecule has 2 rings (SSSR count). The number of nitrogens with one attached hydrogen (secondary N) is 2. The monoisotopic (exact) mass is 486 g/mol. The molecule has 7 heteroatoms. The number of benzene rings is 1.